The molecule has 39 heavy (non-hydrogen) atoms. The second kappa shape index (κ2) is 11.1. The van der Waals surface area contributed by atoms with Crippen molar-refractivity contribution < 1.29 is 9.21 Å². The molecule has 0 bridgehead atoms. The first kappa shape index (κ1) is 26.1. The number of hydrogen-bond donors (Lipinski definition) is 1. The lowest BCUT2D eigenvalue weighted by Gasteiger charge is -2.23. The lowest BCUT2D eigenvalue weighted by molar-refractivity contribution is 0.0761. The summed E-state index contributed by atoms with van der Waals surface area (Å²) in [5.74, 6) is 0.511. The van der Waals surface area contributed by atoms with Gasteiger partial charge >= 0.3 is 0 Å². The van der Waals surface area contributed by atoms with E-state index in [4.69, 9.17) is 10.2 Å². The highest BCUT2D eigenvalue weighted by molar-refractivity contribution is 5.97. The summed E-state index contributed by atoms with van der Waals surface area (Å²) in [6, 6.07) is 25.1. The fourth-order valence-electron chi connectivity index (χ4n) is 5.16. The van der Waals surface area contributed by atoms with Crippen molar-refractivity contribution in [2.75, 3.05) is 6.54 Å². The van der Waals surface area contributed by atoms with Crippen LogP contribution in [0.25, 0.3) is 22.6 Å². The maximum Gasteiger partial charge on any atom is 0.254 e. The van der Waals surface area contributed by atoms with Gasteiger partial charge in [0.1, 0.15) is 0 Å². The van der Waals surface area contributed by atoms with E-state index in [1.54, 1.807) is 12.1 Å². The van der Waals surface area contributed by atoms with E-state index in [2.05, 4.69) is 22.3 Å². The highest BCUT2D eigenvalue weighted by atomic mass is 16.4. The largest absolute Gasteiger partial charge is 0.419 e. The Bertz CT molecular complexity index is 1550. The molecular weight excluding hydrogens is 486 g/mol. The minimum Gasteiger partial charge on any atom is -0.419 e. The molecule has 2 atom stereocenters. The molecule has 0 radical (unpaired) electrons. The van der Waals surface area contributed by atoms with Gasteiger partial charge in [0.15, 0.2) is 0 Å². The summed E-state index contributed by atoms with van der Waals surface area (Å²) in [5, 5.41) is 18.3. The molecule has 7 heteroatoms. The van der Waals surface area contributed by atoms with Crippen molar-refractivity contribution in [1.29, 1.82) is 5.26 Å². The van der Waals surface area contributed by atoms with Gasteiger partial charge in [-0.05, 0) is 74.1 Å². The molecule has 1 fully saturated rings. The van der Waals surface area contributed by atoms with Gasteiger partial charge in [-0.2, -0.15) is 5.26 Å². The van der Waals surface area contributed by atoms with E-state index in [0.717, 1.165) is 29.5 Å². The molecule has 0 spiro atoms. The second-order valence-electron chi connectivity index (χ2n) is 10.2. The lowest BCUT2D eigenvalue weighted by atomic mass is 9.94. The molecule has 1 aromatic heterocycles. The van der Waals surface area contributed by atoms with Crippen molar-refractivity contribution in [3.63, 3.8) is 0 Å². The Balaban J connectivity index is 1.56. The molecular formula is C32H31N5O2. The number of rotatable bonds is 7. The number of amides is 1. The quantitative estimate of drug-likeness (QED) is 0.307. The van der Waals surface area contributed by atoms with Crippen LogP contribution in [0.1, 0.15) is 54.1 Å². The number of hydrogen-bond acceptors (Lipinski definition) is 6. The number of likely N-dealkylation sites (tertiary alicyclic amines) is 1. The monoisotopic (exact) mass is 517 g/mol. The average Bonchev–Trinajstić information content (AvgIpc) is 3.64. The van der Waals surface area contributed by atoms with Crippen LogP contribution in [0.3, 0.4) is 0 Å². The first-order valence-corrected chi connectivity index (χ1v) is 13.1. The number of benzene rings is 3. The van der Waals surface area contributed by atoms with E-state index in [1.165, 1.54) is 0 Å². The smallest absolute Gasteiger partial charge is 0.254 e. The Kier molecular flexibility index (Phi) is 7.40. The number of nitriles is 1. The van der Waals surface area contributed by atoms with Crippen LogP contribution in [0.2, 0.25) is 0 Å². The van der Waals surface area contributed by atoms with Crippen LogP contribution < -0.4 is 5.73 Å². The molecule has 0 unspecified atom stereocenters. The Hall–Kier alpha value is -4.54. The zero-order valence-corrected chi connectivity index (χ0v) is 22.2. The van der Waals surface area contributed by atoms with Gasteiger partial charge in [-0.1, -0.05) is 60.7 Å². The molecule has 7 nitrogen and oxygen atoms in total. The van der Waals surface area contributed by atoms with E-state index >= 15 is 0 Å². The van der Waals surface area contributed by atoms with Gasteiger partial charge in [0.2, 0.25) is 11.8 Å². The topological polar surface area (TPSA) is 109 Å². The molecule has 1 amide bonds. The zero-order valence-electron chi connectivity index (χ0n) is 22.2. The van der Waals surface area contributed by atoms with Crippen LogP contribution in [0.5, 0.6) is 0 Å². The highest BCUT2D eigenvalue weighted by Gasteiger charge is 2.31. The van der Waals surface area contributed by atoms with Crippen molar-refractivity contribution in [3.8, 4) is 28.7 Å². The van der Waals surface area contributed by atoms with Gasteiger partial charge < -0.3 is 15.1 Å². The maximum absolute atomic E-state index is 13.8. The normalized spacial score (nSPS) is 16.8. The molecule has 0 aliphatic carbocycles. The predicted octanol–water partition coefficient (Wildman–Crippen LogP) is 5.87. The fourth-order valence-corrected chi connectivity index (χ4v) is 5.16. The third kappa shape index (κ3) is 5.52. The van der Waals surface area contributed by atoms with Gasteiger partial charge in [-0.3, -0.25) is 4.79 Å². The second-order valence-corrected chi connectivity index (χ2v) is 10.2. The van der Waals surface area contributed by atoms with E-state index in [9.17, 15) is 10.1 Å². The summed E-state index contributed by atoms with van der Waals surface area (Å²) in [7, 11) is 0. The van der Waals surface area contributed by atoms with Gasteiger partial charge in [0.25, 0.3) is 5.91 Å². The predicted molar refractivity (Wildman–Crippen MR) is 150 cm³/mol. The SMILES string of the molecule is C/C=C/[C@H]1CCCN1C(=O)c1cc(-c2nnc([C@](C)(N)Cc3ccccc3)o2)cc(-c2ccccc2C#N)c1. The maximum atomic E-state index is 13.8. The molecule has 0 saturated carbocycles. The van der Waals surface area contributed by atoms with Crippen LogP contribution >= 0.6 is 0 Å². The molecule has 4 aromatic rings. The first-order chi connectivity index (χ1) is 18.9. The van der Waals surface area contributed by atoms with Gasteiger partial charge in [-0.25, -0.2) is 0 Å². The zero-order chi connectivity index (χ0) is 27.4. The van der Waals surface area contributed by atoms with Crippen molar-refractivity contribution in [2.45, 2.75) is 44.7 Å². The summed E-state index contributed by atoms with van der Waals surface area (Å²) < 4.78 is 6.13. The van der Waals surface area contributed by atoms with Crippen molar-refractivity contribution in [2.24, 2.45) is 5.73 Å². The van der Waals surface area contributed by atoms with Crippen LogP contribution in [-0.2, 0) is 12.0 Å². The van der Waals surface area contributed by atoms with Crippen LogP contribution in [0.15, 0.2) is 89.4 Å². The summed E-state index contributed by atoms with van der Waals surface area (Å²) in [6.45, 7) is 4.52. The molecule has 1 aliphatic rings. The van der Waals surface area contributed by atoms with E-state index in [0.29, 0.717) is 35.5 Å². The summed E-state index contributed by atoms with van der Waals surface area (Å²) in [5.41, 5.74) is 9.89. The van der Waals surface area contributed by atoms with Crippen LogP contribution in [0, 0.1) is 11.3 Å². The van der Waals surface area contributed by atoms with Crippen LogP contribution in [0.4, 0.5) is 0 Å². The lowest BCUT2D eigenvalue weighted by Crippen LogP contribution is -2.35. The average molecular weight is 518 g/mol. The Morgan fingerprint density at radius 2 is 1.87 bits per heavy atom. The third-order valence-electron chi connectivity index (χ3n) is 7.09. The third-order valence-corrected chi connectivity index (χ3v) is 7.09. The molecule has 2 N–H and O–H groups in total. The van der Waals surface area contributed by atoms with Crippen LogP contribution in [-0.4, -0.2) is 33.6 Å². The number of nitrogens with zero attached hydrogens (tertiary/aromatic N) is 4. The van der Waals surface area contributed by atoms with E-state index in [-0.39, 0.29) is 17.8 Å². The summed E-state index contributed by atoms with van der Waals surface area (Å²) in [4.78, 5) is 15.7. The summed E-state index contributed by atoms with van der Waals surface area (Å²) >= 11 is 0. The number of carbonyl (C=O) groups excluding carboxylic acids is 1. The minimum atomic E-state index is -0.883. The fraction of sp³-hybridized carbons (Fsp3) is 0.250. The molecule has 3 aromatic carbocycles. The van der Waals surface area contributed by atoms with E-state index < -0.39 is 5.54 Å². The van der Waals surface area contributed by atoms with Gasteiger partial charge in [0.05, 0.1) is 23.2 Å². The molecule has 5 rings (SSSR count). The van der Waals surface area contributed by atoms with E-state index in [1.807, 2.05) is 85.5 Å². The number of carbonyl (C=O) groups is 1. The Labute approximate surface area is 228 Å². The van der Waals surface area contributed by atoms with Gasteiger partial charge in [0, 0.05) is 17.7 Å². The first-order valence-electron chi connectivity index (χ1n) is 13.1. The Morgan fingerprint density at radius 1 is 1.13 bits per heavy atom. The molecule has 1 saturated heterocycles. The molecule has 196 valence electrons. The van der Waals surface area contributed by atoms with Gasteiger partial charge in [-0.15, -0.1) is 10.2 Å². The Morgan fingerprint density at radius 3 is 2.64 bits per heavy atom. The molecule has 1 aliphatic heterocycles. The highest BCUT2D eigenvalue weighted by Crippen LogP contribution is 2.33. The molecule has 2 heterocycles. The standard InChI is InChI=1S/C32H31N5O2/c1-3-10-27-14-9-16-37(27)30(38)26-18-24(28-15-8-7-13-23(28)21-33)17-25(19-26)29-35-36-31(39-29)32(2,34)20-22-11-5-4-6-12-22/h3-8,10-13,15,17-19,27H,9,14,16,20,34H2,1-2H3/b10-3+/t27-,32+/m0/s1. The summed E-state index contributed by atoms with van der Waals surface area (Å²) in [6.07, 6.45) is 6.47. The minimum absolute atomic E-state index is 0.0620. The number of allylic oxidation sites excluding steroid dienone is 1. The number of aromatic nitrogens is 2. The van der Waals surface area contributed by atoms with Crippen molar-refractivity contribution in [1.82, 2.24) is 15.1 Å². The van der Waals surface area contributed by atoms with Crippen molar-refractivity contribution in [3.05, 3.63) is 108 Å². The number of nitrogens with two attached hydrogens (primary N) is 1. The van der Waals surface area contributed by atoms with Crippen molar-refractivity contribution >= 4 is 5.91 Å².